The van der Waals surface area contributed by atoms with E-state index in [0.717, 1.165) is 56.2 Å². The molecular formula is C15H27N4O2+. The number of benzene rings is 1. The average Bonchev–Trinajstić information content (AvgIpc) is 2.47. The van der Waals surface area contributed by atoms with Gasteiger partial charge in [0.2, 0.25) is 0 Å². The van der Waals surface area contributed by atoms with Crippen LogP contribution in [0.5, 0.6) is 0 Å². The molecule has 0 radical (unpaired) electrons. The zero-order chi connectivity index (χ0) is 15.1. The molecule has 21 heavy (non-hydrogen) atoms. The minimum Gasteiger partial charge on any atom is -0.399 e. The maximum atomic E-state index is 5.87. The third kappa shape index (κ3) is 5.08. The molecule has 0 amide bonds. The van der Waals surface area contributed by atoms with E-state index >= 15 is 0 Å². The lowest BCUT2D eigenvalue weighted by molar-refractivity contribution is -0.917. The second-order valence-electron chi connectivity index (χ2n) is 5.79. The monoisotopic (exact) mass is 295 g/mol. The van der Waals surface area contributed by atoms with Crippen molar-refractivity contribution in [3.8, 4) is 0 Å². The number of likely N-dealkylation sites (N-methyl/N-ethyl adjacent to an activating group) is 1. The number of nitrogens with two attached hydrogens (primary N) is 2. The van der Waals surface area contributed by atoms with Crippen LogP contribution in [0, 0.1) is 0 Å². The van der Waals surface area contributed by atoms with Crippen LogP contribution in [0.25, 0.3) is 0 Å². The zero-order valence-corrected chi connectivity index (χ0v) is 12.8. The minimum absolute atomic E-state index is 0.657. The van der Waals surface area contributed by atoms with Gasteiger partial charge in [-0.3, -0.25) is 0 Å². The molecule has 1 aliphatic rings. The van der Waals surface area contributed by atoms with Gasteiger partial charge in [0, 0.05) is 12.2 Å². The second kappa shape index (κ2) is 7.49. The summed E-state index contributed by atoms with van der Waals surface area (Å²) in [7, 11) is 2.26. The Bertz CT molecular complexity index is 447. The summed E-state index contributed by atoms with van der Waals surface area (Å²) in [6, 6.07) is 5.45. The van der Waals surface area contributed by atoms with Crippen molar-refractivity contribution in [1.29, 1.82) is 0 Å². The first kappa shape index (κ1) is 15.9. The first-order chi connectivity index (χ1) is 10.1. The van der Waals surface area contributed by atoms with E-state index in [1.165, 1.54) is 0 Å². The number of nitrogens with one attached hydrogen (secondary N) is 1. The van der Waals surface area contributed by atoms with E-state index in [2.05, 4.69) is 12.4 Å². The van der Waals surface area contributed by atoms with Crippen molar-refractivity contribution in [1.82, 2.24) is 0 Å². The van der Waals surface area contributed by atoms with E-state index in [4.69, 9.17) is 20.9 Å². The highest BCUT2D eigenvalue weighted by Crippen LogP contribution is 2.20. The van der Waals surface area contributed by atoms with Gasteiger partial charge < -0.3 is 30.7 Å². The Morgan fingerprint density at radius 1 is 1.24 bits per heavy atom. The van der Waals surface area contributed by atoms with Crippen LogP contribution in [-0.4, -0.2) is 64.1 Å². The number of quaternary nitrogens is 1. The van der Waals surface area contributed by atoms with Gasteiger partial charge in [-0.25, -0.2) is 0 Å². The van der Waals surface area contributed by atoms with E-state index in [9.17, 15) is 0 Å². The third-order valence-electron chi connectivity index (χ3n) is 3.97. The summed E-state index contributed by atoms with van der Waals surface area (Å²) < 4.78 is 12.1. The van der Waals surface area contributed by atoms with Crippen LogP contribution in [-0.2, 0) is 9.47 Å². The molecule has 1 aromatic rings. The zero-order valence-electron chi connectivity index (χ0n) is 12.8. The summed E-state index contributed by atoms with van der Waals surface area (Å²) in [5.74, 6) is 0. The molecule has 0 unspecified atom stereocenters. The molecule has 0 aromatic heterocycles. The predicted octanol–water partition coefficient (Wildman–Crippen LogP) is 0.756. The Balaban J connectivity index is 1.60. The summed E-state index contributed by atoms with van der Waals surface area (Å²) in [5.41, 5.74) is 13.9. The van der Waals surface area contributed by atoms with Crippen molar-refractivity contribution in [3.63, 3.8) is 0 Å². The summed E-state index contributed by atoms with van der Waals surface area (Å²) >= 11 is 0. The number of nitrogen functional groups attached to an aromatic ring is 2. The van der Waals surface area contributed by atoms with Crippen molar-refractivity contribution >= 4 is 17.1 Å². The van der Waals surface area contributed by atoms with E-state index in [-0.39, 0.29) is 0 Å². The smallest absolute Gasteiger partial charge is 0.102 e. The van der Waals surface area contributed by atoms with Gasteiger partial charge in [0.1, 0.15) is 19.6 Å². The average molecular weight is 295 g/mol. The summed E-state index contributed by atoms with van der Waals surface area (Å²) in [6.07, 6.45) is 0. The molecule has 0 saturated carbocycles. The van der Waals surface area contributed by atoms with Gasteiger partial charge in [0.05, 0.1) is 44.8 Å². The molecule has 0 spiro atoms. The molecule has 0 atom stereocenters. The van der Waals surface area contributed by atoms with Crippen LogP contribution < -0.4 is 16.8 Å². The lowest BCUT2D eigenvalue weighted by Gasteiger charge is -2.37. The highest BCUT2D eigenvalue weighted by Gasteiger charge is 2.24. The van der Waals surface area contributed by atoms with Crippen LogP contribution in [0.3, 0.4) is 0 Å². The van der Waals surface area contributed by atoms with Crippen LogP contribution >= 0.6 is 0 Å². The Hall–Kier alpha value is -1.50. The first-order valence-electron chi connectivity index (χ1n) is 7.47. The molecule has 1 aromatic carbocycles. The van der Waals surface area contributed by atoms with Crippen LogP contribution in [0.4, 0.5) is 17.1 Å². The SMILES string of the molecule is C[N+]1(CCOCCNc2cc(N)ccc2N)CCOCC1. The molecule has 5 N–H and O–H groups in total. The molecule has 1 heterocycles. The Labute approximate surface area is 126 Å². The van der Waals surface area contributed by atoms with E-state index < -0.39 is 0 Å². The highest BCUT2D eigenvalue weighted by atomic mass is 16.5. The number of ether oxygens (including phenoxy) is 2. The van der Waals surface area contributed by atoms with E-state index in [1.54, 1.807) is 6.07 Å². The molecule has 1 saturated heterocycles. The lowest BCUT2D eigenvalue weighted by atomic mass is 10.2. The molecule has 0 aliphatic carbocycles. The number of rotatable bonds is 7. The Morgan fingerprint density at radius 2 is 2.00 bits per heavy atom. The lowest BCUT2D eigenvalue weighted by Crippen LogP contribution is -2.53. The fourth-order valence-electron chi connectivity index (χ4n) is 2.38. The minimum atomic E-state index is 0.657. The fourth-order valence-corrected chi connectivity index (χ4v) is 2.38. The van der Waals surface area contributed by atoms with Gasteiger partial charge in [-0.2, -0.15) is 0 Å². The van der Waals surface area contributed by atoms with Crippen molar-refractivity contribution < 1.29 is 14.0 Å². The van der Waals surface area contributed by atoms with E-state index in [0.29, 0.717) is 18.0 Å². The van der Waals surface area contributed by atoms with Gasteiger partial charge in [0.25, 0.3) is 0 Å². The maximum absolute atomic E-state index is 5.87. The van der Waals surface area contributed by atoms with Crippen LogP contribution in [0.2, 0.25) is 0 Å². The topological polar surface area (TPSA) is 82.5 Å². The number of nitrogens with zero attached hydrogens (tertiary/aromatic N) is 1. The third-order valence-corrected chi connectivity index (χ3v) is 3.97. The summed E-state index contributed by atoms with van der Waals surface area (Å²) in [5, 5.41) is 3.25. The van der Waals surface area contributed by atoms with Crippen molar-refractivity contribution in [2.24, 2.45) is 0 Å². The maximum Gasteiger partial charge on any atom is 0.102 e. The van der Waals surface area contributed by atoms with Gasteiger partial charge in [-0.15, -0.1) is 0 Å². The van der Waals surface area contributed by atoms with Gasteiger partial charge in [0.15, 0.2) is 0 Å². The van der Waals surface area contributed by atoms with Crippen molar-refractivity contribution in [3.05, 3.63) is 18.2 Å². The van der Waals surface area contributed by atoms with E-state index in [1.807, 2.05) is 12.1 Å². The molecule has 1 aliphatic heterocycles. The van der Waals surface area contributed by atoms with Gasteiger partial charge in [-0.05, 0) is 18.2 Å². The Morgan fingerprint density at radius 3 is 2.76 bits per heavy atom. The Kier molecular flexibility index (Phi) is 5.67. The number of hydrogen-bond acceptors (Lipinski definition) is 5. The predicted molar refractivity (Wildman–Crippen MR) is 86.2 cm³/mol. The molecule has 6 heteroatoms. The van der Waals surface area contributed by atoms with Crippen LogP contribution in [0.1, 0.15) is 0 Å². The summed E-state index contributed by atoms with van der Waals surface area (Å²) in [4.78, 5) is 0. The van der Waals surface area contributed by atoms with Gasteiger partial charge >= 0.3 is 0 Å². The standard InChI is InChI=1S/C15H27N4O2/c1-19(6-10-21-11-7-19)5-9-20-8-4-18-15-12-13(16)2-3-14(15)17/h2-3,12,18H,4-11,16-17H2,1H3/q+1. The summed E-state index contributed by atoms with van der Waals surface area (Å²) in [6.45, 7) is 7.03. The fraction of sp³-hybridized carbons (Fsp3) is 0.600. The van der Waals surface area contributed by atoms with Gasteiger partial charge in [-0.1, -0.05) is 0 Å². The largest absolute Gasteiger partial charge is 0.399 e. The number of hydrogen-bond donors (Lipinski definition) is 3. The molecule has 6 nitrogen and oxygen atoms in total. The van der Waals surface area contributed by atoms with Crippen LogP contribution in [0.15, 0.2) is 18.2 Å². The van der Waals surface area contributed by atoms with Crippen molar-refractivity contribution in [2.45, 2.75) is 0 Å². The highest BCUT2D eigenvalue weighted by molar-refractivity contribution is 5.70. The molecular weight excluding hydrogens is 268 g/mol. The molecule has 118 valence electrons. The first-order valence-corrected chi connectivity index (χ1v) is 7.47. The second-order valence-corrected chi connectivity index (χ2v) is 5.79. The molecule has 1 fully saturated rings. The number of morpholine rings is 1. The molecule has 2 rings (SSSR count). The normalized spacial score (nSPS) is 17.6. The number of anilines is 3. The van der Waals surface area contributed by atoms with Crippen molar-refractivity contribution in [2.75, 3.05) is 76.4 Å². The molecule has 0 bridgehead atoms. The quantitative estimate of drug-likeness (QED) is 0.393.